The summed E-state index contributed by atoms with van der Waals surface area (Å²) in [5, 5.41) is 21.1. The summed E-state index contributed by atoms with van der Waals surface area (Å²) in [6.45, 7) is 4.77. The molecule has 8 atom stereocenters. The number of rotatable bonds is 11. The van der Waals surface area contributed by atoms with Crippen molar-refractivity contribution in [3.63, 3.8) is 0 Å². The Hall–Kier alpha value is -2.98. The molecule has 0 N–H and O–H groups in total. The molecule has 8 rings (SSSR count). The fraction of sp³-hybridized carbons (Fsp3) is 0.556. The molecule has 4 saturated carbocycles. The van der Waals surface area contributed by atoms with Gasteiger partial charge in [-0.1, -0.05) is 37.1 Å². The van der Waals surface area contributed by atoms with E-state index in [0.717, 1.165) is 68.3 Å². The number of hydrogen-bond acceptors (Lipinski definition) is 8. The minimum Gasteiger partial charge on any atom is -0.497 e. The largest absolute Gasteiger partial charge is 0.497 e. The van der Waals surface area contributed by atoms with Crippen LogP contribution in [-0.4, -0.2) is 43.7 Å². The van der Waals surface area contributed by atoms with Crippen molar-refractivity contribution < 1.29 is 9.47 Å². The van der Waals surface area contributed by atoms with E-state index in [9.17, 15) is 0 Å². The van der Waals surface area contributed by atoms with Gasteiger partial charge < -0.3 is 9.47 Å². The predicted molar refractivity (Wildman–Crippen MR) is 183 cm³/mol. The summed E-state index contributed by atoms with van der Waals surface area (Å²) in [4.78, 5) is 0. The first-order valence-corrected chi connectivity index (χ1v) is 19.2. The number of methoxy groups -OCH3 is 2. The Morgan fingerprint density at radius 2 is 1.09 bits per heavy atom. The quantitative estimate of drug-likeness (QED) is 0.148. The Morgan fingerprint density at radius 3 is 1.46 bits per heavy atom. The van der Waals surface area contributed by atoms with Crippen LogP contribution < -0.4 is 9.47 Å². The maximum absolute atomic E-state index is 5.59. The first-order chi connectivity index (χ1) is 22.5. The Morgan fingerprint density at radius 1 is 0.630 bits per heavy atom. The maximum Gasteiger partial charge on any atom is 0.202 e. The van der Waals surface area contributed by atoms with Crippen LogP contribution in [0.15, 0.2) is 58.8 Å². The lowest BCUT2D eigenvalue weighted by Gasteiger charge is -2.31. The minimum absolute atomic E-state index is 0.299. The number of nitrogens with zero attached hydrogens (tertiary/aromatic N) is 6. The van der Waals surface area contributed by atoms with Crippen LogP contribution in [0.25, 0.3) is 22.8 Å². The summed E-state index contributed by atoms with van der Waals surface area (Å²) >= 11 is 0. The lowest BCUT2D eigenvalue weighted by Crippen LogP contribution is -2.23. The van der Waals surface area contributed by atoms with Gasteiger partial charge >= 0.3 is 0 Å². The van der Waals surface area contributed by atoms with Gasteiger partial charge in [0.15, 0.2) is 11.6 Å². The molecular formula is C36H44N6O2S2. The third-order valence-electron chi connectivity index (χ3n) is 11.8. The predicted octanol–water partition coefficient (Wildman–Crippen LogP) is 9.01. The second-order valence-electron chi connectivity index (χ2n) is 14.1. The molecule has 2 heterocycles. The summed E-state index contributed by atoms with van der Waals surface area (Å²) in [5.74, 6) is 8.10. The van der Waals surface area contributed by atoms with E-state index in [0.29, 0.717) is 23.9 Å². The Bertz CT molecular complexity index is 1580. The highest BCUT2D eigenvalue weighted by Gasteiger charge is 2.45. The van der Waals surface area contributed by atoms with E-state index in [2.05, 4.69) is 47.2 Å². The van der Waals surface area contributed by atoms with Gasteiger partial charge in [0.2, 0.25) is 10.3 Å². The lowest BCUT2D eigenvalue weighted by molar-refractivity contribution is 0.235. The summed E-state index contributed by atoms with van der Waals surface area (Å²) in [6, 6.07) is 17.0. The molecule has 2 aromatic carbocycles. The van der Waals surface area contributed by atoms with E-state index in [1.807, 2.05) is 24.3 Å². The molecule has 4 fully saturated rings. The van der Waals surface area contributed by atoms with Crippen molar-refractivity contribution in [1.29, 1.82) is 0 Å². The highest BCUT2D eigenvalue weighted by molar-refractivity contribution is 8.76. The second kappa shape index (κ2) is 12.6. The third kappa shape index (κ3) is 5.43. The molecule has 4 aliphatic rings. The van der Waals surface area contributed by atoms with E-state index in [1.165, 1.54) is 51.4 Å². The van der Waals surface area contributed by atoms with Gasteiger partial charge in [-0.15, -0.1) is 20.4 Å². The first kappa shape index (κ1) is 30.4. The minimum atomic E-state index is 0.299. The van der Waals surface area contributed by atoms with Crippen LogP contribution in [-0.2, 0) is 0 Å². The van der Waals surface area contributed by atoms with E-state index < -0.39 is 0 Å². The molecule has 242 valence electrons. The number of benzene rings is 2. The Labute approximate surface area is 279 Å². The van der Waals surface area contributed by atoms with Crippen LogP contribution in [0.3, 0.4) is 0 Å². The molecule has 10 heteroatoms. The van der Waals surface area contributed by atoms with Crippen molar-refractivity contribution in [2.75, 3.05) is 14.2 Å². The Kier molecular flexibility index (Phi) is 8.29. The second-order valence-corrected chi connectivity index (χ2v) is 16.2. The highest BCUT2D eigenvalue weighted by Crippen LogP contribution is 2.55. The molecule has 4 aliphatic carbocycles. The molecule has 0 radical (unpaired) electrons. The van der Waals surface area contributed by atoms with Crippen LogP contribution in [0, 0.1) is 35.5 Å². The fourth-order valence-electron chi connectivity index (χ4n) is 9.55. The van der Waals surface area contributed by atoms with Gasteiger partial charge in [0.25, 0.3) is 0 Å². The first-order valence-electron chi connectivity index (χ1n) is 17.0. The van der Waals surface area contributed by atoms with E-state index in [-0.39, 0.29) is 0 Å². The lowest BCUT2D eigenvalue weighted by atomic mass is 9.84. The van der Waals surface area contributed by atoms with Gasteiger partial charge in [0, 0.05) is 23.2 Å². The number of hydrogen-bond donors (Lipinski definition) is 0. The fourth-order valence-corrected chi connectivity index (χ4v) is 11.6. The summed E-state index contributed by atoms with van der Waals surface area (Å²) < 4.78 is 16.0. The molecule has 0 aliphatic heterocycles. The molecular weight excluding hydrogens is 613 g/mol. The van der Waals surface area contributed by atoms with Gasteiger partial charge in [0.1, 0.15) is 11.5 Å². The summed E-state index contributed by atoms with van der Waals surface area (Å²) in [6.07, 6.45) is 10.8. The van der Waals surface area contributed by atoms with Crippen LogP contribution in [0.1, 0.15) is 77.3 Å². The molecule has 4 aromatic rings. The van der Waals surface area contributed by atoms with Crippen molar-refractivity contribution in [2.45, 2.75) is 87.6 Å². The third-order valence-corrected chi connectivity index (χ3v) is 13.9. The highest BCUT2D eigenvalue weighted by atomic mass is 33.1. The van der Waals surface area contributed by atoms with Crippen molar-refractivity contribution in [2.24, 2.45) is 35.5 Å². The topological polar surface area (TPSA) is 79.9 Å². The van der Waals surface area contributed by atoms with Crippen molar-refractivity contribution in [1.82, 2.24) is 29.5 Å². The molecule has 0 saturated heterocycles. The number of aromatic nitrogens is 6. The van der Waals surface area contributed by atoms with Crippen LogP contribution >= 0.6 is 21.6 Å². The van der Waals surface area contributed by atoms with E-state index in [4.69, 9.17) is 29.9 Å². The molecule has 8 nitrogen and oxygen atoms in total. The molecule has 46 heavy (non-hydrogen) atoms. The van der Waals surface area contributed by atoms with Crippen LogP contribution in [0.2, 0.25) is 0 Å². The average Bonchev–Trinajstić information content (AvgIpc) is 3.95. The zero-order valence-electron chi connectivity index (χ0n) is 27.2. The van der Waals surface area contributed by atoms with Gasteiger partial charge in [-0.3, -0.25) is 9.13 Å². The summed E-state index contributed by atoms with van der Waals surface area (Å²) in [5.41, 5.74) is 2.07. The van der Waals surface area contributed by atoms with Gasteiger partial charge in [-0.25, -0.2) is 0 Å². The maximum atomic E-state index is 5.59. The number of ether oxygens (including phenoxy) is 2. The monoisotopic (exact) mass is 656 g/mol. The van der Waals surface area contributed by atoms with Gasteiger partial charge in [0.05, 0.1) is 14.2 Å². The van der Waals surface area contributed by atoms with Gasteiger partial charge in [-0.05, 0) is 134 Å². The van der Waals surface area contributed by atoms with Crippen molar-refractivity contribution in [3.8, 4) is 34.3 Å². The number of fused-ring (bicyclic) bond motifs is 4. The smallest absolute Gasteiger partial charge is 0.202 e. The van der Waals surface area contributed by atoms with Crippen molar-refractivity contribution in [3.05, 3.63) is 48.5 Å². The zero-order valence-corrected chi connectivity index (χ0v) is 28.8. The van der Waals surface area contributed by atoms with Crippen LogP contribution in [0.5, 0.6) is 11.5 Å². The Balaban J connectivity index is 1.14. The van der Waals surface area contributed by atoms with E-state index in [1.54, 1.807) is 35.8 Å². The molecule has 0 spiro atoms. The van der Waals surface area contributed by atoms with Crippen molar-refractivity contribution >= 4 is 21.6 Å². The molecule has 0 amide bonds. The average molecular weight is 657 g/mol. The molecule has 2 aromatic heterocycles. The van der Waals surface area contributed by atoms with Gasteiger partial charge in [-0.2, -0.15) is 0 Å². The molecule has 8 unspecified atom stereocenters. The standard InChI is InChI=1S/C36H44N6O2S2/c1-21(31-17-23-11-13-25(31)15-23)41-33(27-7-5-9-29(19-27)43-3)37-39-35(41)45-46-36-40-38-34(28-8-6-10-30(20-28)44-4)42(36)22(2)32-18-24-12-14-26(32)16-24/h5-10,19-26,31-32H,11-18H2,1-4H3. The normalized spacial score (nSPS) is 27.7. The SMILES string of the molecule is COc1cccc(-c2nnc(SSc3nnc(-c4cccc(OC)c4)n3C(C)C3CC4CCC3C4)n2C(C)C2CC3CCC2C3)c1. The van der Waals surface area contributed by atoms with E-state index >= 15 is 0 Å². The molecule has 4 bridgehead atoms. The van der Waals surface area contributed by atoms with Crippen LogP contribution in [0.4, 0.5) is 0 Å². The summed E-state index contributed by atoms with van der Waals surface area (Å²) in [7, 11) is 6.76. The zero-order chi connectivity index (χ0) is 31.4.